The summed E-state index contributed by atoms with van der Waals surface area (Å²) >= 11 is 0. The normalized spacial score (nSPS) is 10.6. The van der Waals surface area contributed by atoms with Crippen LogP contribution in [0.15, 0.2) is 30.9 Å². The van der Waals surface area contributed by atoms with Gasteiger partial charge in [-0.05, 0) is 55.2 Å². The van der Waals surface area contributed by atoms with Gasteiger partial charge in [0.05, 0.1) is 0 Å². The highest BCUT2D eigenvalue weighted by molar-refractivity contribution is 5.32. The van der Waals surface area contributed by atoms with E-state index in [1.807, 2.05) is 6.08 Å². The van der Waals surface area contributed by atoms with E-state index in [0.717, 1.165) is 12.8 Å². The summed E-state index contributed by atoms with van der Waals surface area (Å²) in [7, 11) is 0. The van der Waals surface area contributed by atoms with E-state index in [9.17, 15) is 0 Å². The van der Waals surface area contributed by atoms with Crippen LogP contribution < -0.4 is 0 Å². The van der Waals surface area contributed by atoms with Crippen LogP contribution in [-0.4, -0.2) is 0 Å². The number of hydrogen-bond acceptors (Lipinski definition) is 0. The summed E-state index contributed by atoms with van der Waals surface area (Å²) in [5, 5.41) is 0. The van der Waals surface area contributed by atoms with Crippen LogP contribution in [0.3, 0.4) is 0 Å². The van der Waals surface area contributed by atoms with Crippen LogP contribution in [0.2, 0.25) is 0 Å². The van der Waals surface area contributed by atoms with Gasteiger partial charge in [0, 0.05) is 0 Å². The second-order valence-electron chi connectivity index (χ2n) is 5.14. The fourth-order valence-corrected chi connectivity index (χ4v) is 2.31. The highest BCUT2D eigenvalue weighted by atomic mass is 14.1. The van der Waals surface area contributed by atoms with Crippen molar-refractivity contribution in [3.8, 4) is 0 Å². The quantitative estimate of drug-likeness (QED) is 0.504. The second kappa shape index (κ2) is 8.97. The smallest absolute Gasteiger partial charge is 0.0244 e. The zero-order valence-corrected chi connectivity index (χ0v) is 12.2. The Labute approximate surface area is 113 Å². The molecule has 1 rings (SSSR count). The summed E-state index contributed by atoms with van der Waals surface area (Å²) in [6, 6.07) is 7.10. The molecule has 0 nitrogen and oxygen atoms in total. The van der Waals surface area contributed by atoms with E-state index in [4.69, 9.17) is 0 Å². The highest BCUT2D eigenvalue weighted by Crippen LogP contribution is 2.18. The summed E-state index contributed by atoms with van der Waals surface area (Å²) in [5.41, 5.74) is 4.64. The Kier molecular flexibility index (Phi) is 7.48. The molecule has 1 aromatic rings. The average molecular weight is 244 g/mol. The van der Waals surface area contributed by atoms with Gasteiger partial charge in [-0.1, -0.05) is 51.0 Å². The van der Waals surface area contributed by atoms with Gasteiger partial charge >= 0.3 is 0 Å². The summed E-state index contributed by atoms with van der Waals surface area (Å²) in [4.78, 5) is 0. The van der Waals surface area contributed by atoms with Crippen LogP contribution in [0.5, 0.6) is 0 Å². The van der Waals surface area contributed by atoms with E-state index >= 15 is 0 Å². The molecule has 0 atom stereocenters. The summed E-state index contributed by atoms with van der Waals surface area (Å²) in [6.07, 6.45) is 11.9. The minimum absolute atomic E-state index is 1.08. The third kappa shape index (κ3) is 5.08. The third-order valence-corrected chi connectivity index (χ3v) is 3.51. The van der Waals surface area contributed by atoms with Crippen LogP contribution in [0.4, 0.5) is 0 Å². The lowest BCUT2D eigenvalue weighted by Gasteiger charge is -2.11. The Bertz CT molecular complexity index is 349. The maximum atomic E-state index is 3.81. The van der Waals surface area contributed by atoms with Crippen LogP contribution in [-0.2, 0) is 19.3 Å². The Morgan fingerprint density at radius 1 is 0.944 bits per heavy atom. The molecular formula is C18H28. The fraction of sp³-hybridized carbons (Fsp3) is 0.556. The minimum atomic E-state index is 1.08. The molecule has 0 unspecified atom stereocenters. The predicted octanol–water partition coefficient (Wildman–Crippen LogP) is 5.49. The molecule has 0 bridgehead atoms. The molecule has 0 saturated carbocycles. The van der Waals surface area contributed by atoms with Crippen molar-refractivity contribution in [1.29, 1.82) is 0 Å². The lowest BCUT2D eigenvalue weighted by molar-refractivity contribution is 0.756. The van der Waals surface area contributed by atoms with Gasteiger partial charge in [-0.2, -0.15) is 0 Å². The van der Waals surface area contributed by atoms with Crippen molar-refractivity contribution >= 4 is 0 Å². The van der Waals surface area contributed by atoms with E-state index in [1.54, 1.807) is 11.1 Å². The van der Waals surface area contributed by atoms with E-state index in [-0.39, 0.29) is 0 Å². The molecule has 0 aliphatic rings. The standard InChI is InChI=1S/C18H28/c1-4-7-10-16-13-14-17(11-8-5-2)18(15-16)12-9-6-3/h4,13-15H,1,5-12H2,2-3H3. The van der Waals surface area contributed by atoms with Gasteiger partial charge in [0.15, 0.2) is 0 Å². The van der Waals surface area contributed by atoms with Gasteiger partial charge in [0.2, 0.25) is 0 Å². The number of unbranched alkanes of at least 4 members (excludes halogenated alkanes) is 2. The second-order valence-corrected chi connectivity index (χ2v) is 5.14. The Hall–Kier alpha value is -1.04. The van der Waals surface area contributed by atoms with Crippen molar-refractivity contribution in [3.05, 3.63) is 47.5 Å². The molecule has 0 radical (unpaired) electrons. The van der Waals surface area contributed by atoms with E-state index in [2.05, 4.69) is 38.6 Å². The first kappa shape index (κ1) is 15.0. The van der Waals surface area contributed by atoms with Crippen molar-refractivity contribution in [3.63, 3.8) is 0 Å². The first-order chi connectivity index (χ1) is 8.81. The van der Waals surface area contributed by atoms with Crippen LogP contribution in [0.25, 0.3) is 0 Å². The van der Waals surface area contributed by atoms with E-state index in [0.29, 0.717) is 0 Å². The number of rotatable bonds is 9. The van der Waals surface area contributed by atoms with Crippen molar-refractivity contribution in [2.24, 2.45) is 0 Å². The molecule has 1 aromatic carbocycles. The molecule has 0 spiro atoms. The molecule has 0 aliphatic heterocycles. The number of hydrogen-bond donors (Lipinski definition) is 0. The monoisotopic (exact) mass is 244 g/mol. The van der Waals surface area contributed by atoms with Gasteiger partial charge in [-0.25, -0.2) is 0 Å². The molecule has 0 saturated heterocycles. The maximum Gasteiger partial charge on any atom is -0.0244 e. The number of benzene rings is 1. The molecule has 0 fully saturated rings. The maximum absolute atomic E-state index is 3.81. The predicted molar refractivity (Wildman–Crippen MR) is 82.2 cm³/mol. The van der Waals surface area contributed by atoms with Crippen molar-refractivity contribution in [2.75, 3.05) is 0 Å². The minimum Gasteiger partial charge on any atom is -0.103 e. The summed E-state index contributed by atoms with van der Waals surface area (Å²) in [5.74, 6) is 0. The fourth-order valence-electron chi connectivity index (χ4n) is 2.31. The topological polar surface area (TPSA) is 0 Å². The van der Waals surface area contributed by atoms with Gasteiger partial charge in [-0.15, -0.1) is 6.58 Å². The zero-order chi connectivity index (χ0) is 13.2. The highest BCUT2D eigenvalue weighted by Gasteiger charge is 2.03. The summed E-state index contributed by atoms with van der Waals surface area (Å²) < 4.78 is 0. The molecule has 100 valence electrons. The molecule has 0 aromatic heterocycles. The molecule has 0 heterocycles. The van der Waals surface area contributed by atoms with Crippen molar-refractivity contribution in [1.82, 2.24) is 0 Å². The lowest BCUT2D eigenvalue weighted by Crippen LogP contribution is -1.97. The van der Waals surface area contributed by atoms with Crippen molar-refractivity contribution in [2.45, 2.75) is 65.2 Å². The molecular weight excluding hydrogens is 216 g/mol. The van der Waals surface area contributed by atoms with Gasteiger partial charge in [0.25, 0.3) is 0 Å². The molecule has 0 N–H and O–H groups in total. The van der Waals surface area contributed by atoms with Gasteiger partial charge in [-0.3, -0.25) is 0 Å². The largest absolute Gasteiger partial charge is 0.103 e. The first-order valence-electron chi connectivity index (χ1n) is 7.53. The Morgan fingerprint density at radius 3 is 2.22 bits per heavy atom. The van der Waals surface area contributed by atoms with Crippen LogP contribution in [0.1, 0.15) is 62.6 Å². The SMILES string of the molecule is C=CCCc1ccc(CCCC)c(CCCC)c1. The number of aryl methyl sites for hydroxylation is 3. The summed E-state index contributed by atoms with van der Waals surface area (Å²) in [6.45, 7) is 8.34. The molecule has 0 aliphatic carbocycles. The zero-order valence-electron chi connectivity index (χ0n) is 12.2. The Balaban J connectivity index is 2.77. The van der Waals surface area contributed by atoms with Crippen LogP contribution in [0, 0.1) is 0 Å². The Morgan fingerprint density at radius 2 is 1.61 bits per heavy atom. The molecule has 0 heteroatoms. The van der Waals surface area contributed by atoms with Crippen molar-refractivity contribution < 1.29 is 0 Å². The van der Waals surface area contributed by atoms with E-state index in [1.165, 1.54) is 44.1 Å². The van der Waals surface area contributed by atoms with Gasteiger partial charge in [0.1, 0.15) is 0 Å². The number of allylic oxidation sites excluding steroid dienone is 1. The molecule has 18 heavy (non-hydrogen) atoms. The van der Waals surface area contributed by atoms with E-state index < -0.39 is 0 Å². The van der Waals surface area contributed by atoms with Crippen LogP contribution >= 0.6 is 0 Å². The third-order valence-electron chi connectivity index (χ3n) is 3.51. The molecule has 0 amide bonds. The van der Waals surface area contributed by atoms with Gasteiger partial charge < -0.3 is 0 Å². The average Bonchev–Trinajstić information content (AvgIpc) is 2.41. The lowest BCUT2D eigenvalue weighted by atomic mass is 9.94. The first-order valence-corrected chi connectivity index (χ1v) is 7.53.